The molecule has 0 aliphatic heterocycles. The molecule has 1 heterocycles. The fraction of sp³-hybridized carbons (Fsp3) is 0.273. The van der Waals surface area contributed by atoms with Gasteiger partial charge in [-0.2, -0.15) is 0 Å². The number of hydrogen-bond donors (Lipinski definition) is 1. The van der Waals surface area contributed by atoms with Gasteiger partial charge in [-0.25, -0.2) is 4.68 Å². The predicted molar refractivity (Wildman–Crippen MR) is 73.6 cm³/mol. The Morgan fingerprint density at radius 3 is 2.59 bits per heavy atom. The molecule has 0 amide bonds. The van der Waals surface area contributed by atoms with Crippen molar-refractivity contribution in [3.05, 3.63) is 44.1 Å². The molecule has 0 saturated carbocycles. The molecule has 2 rings (SSSR count). The Bertz CT molecular complexity index is 531. The number of nitrogens with two attached hydrogens (primary N) is 1. The first-order valence-corrected chi connectivity index (χ1v) is 6.66. The molecule has 0 aliphatic rings. The molecule has 0 fully saturated rings. The third-order valence-electron chi connectivity index (χ3n) is 2.61. The lowest BCUT2D eigenvalue weighted by Gasteiger charge is -2.14. The normalized spacial score (nSPS) is 12.8. The summed E-state index contributed by atoms with van der Waals surface area (Å²) in [6, 6.07) is 5.84. The third kappa shape index (κ3) is 2.43. The van der Waals surface area contributed by atoms with Crippen LogP contribution in [0.2, 0.25) is 0 Å². The monoisotopic (exact) mass is 358 g/mol. The molecule has 4 nitrogen and oxygen atoms in total. The van der Waals surface area contributed by atoms with Crippen molar-refractivity contribution in [3.63, 3.8) is 0 Å². The Balaban J connectivity index is 2.47. The van der Waals surface area contributed by atoms with Crippen LogP contribution in [0.1, 0.15) is 22.9 Å². The molecule has 2 N–H and O–H groups in total. The van der Waals surface area contributed by atoms with Gasteiger partial charge in [0.2, 0.25) is 0 Å². The predicted octanol–water partition coefficient (Wildman–Crippen LogP) is 2.70. The Labute approximate surface area is 116 Å². The molecule has 2 aromatic rings. The van der Waals surface area contributed by atoms with E-state index in [1.165, 1.54) is 5.56 Å². The lowest BCUT2D eigenvalue weighted by atomic mass is 10.0. The van der Waals surface area contributed by atoms with Crippen LogP contribution in [0.3, 0.4) is 0 Å². The maximum absolute atomic E-state index is 6.25. The van der Waals surface area contributed by atoms with Gasteiger partial charge in [-0.3, -0.25) is 0 Å². The van der Waals surface area contributed by atoms with Gasteiger partial charge in [0.25, 0.3) is 0 Å². The van der Waals surface area contributed by atoms with Crippen LogP contribution < -0.4 is 5.73 Å². The summed E-state index contributed by atoms with van der Waals surface area (Å²) in [6.07, 6.45) is 0. The van der Waals surface area contributed by atoms with Crippen LogP contribution in [0, 0.1) is 6.92 Å². The highest BCUT2D eigenvalue weighted by Gasteiger charge is 2.19. The topological polar surface area (TPSA) is 56.7 Å². The summed E-state index contributed by atoms with van der Waals surface area (Å²) in [5.74, 6) is 0. The molecule has 1 aromatic carbocycles. The van der Waals surface area contributed by atoms with E-state index in [0.717, 1.165) is 15.7 Å². The average molecular weight is 360 g/mol. The highest BCUT2D eigenvalue weighted by atomic mass is 79.9. The van der Waals surface area contributed by atoms with Gasteiger partial charge in [0.15, 0.2) is 4.60 Å². The summed E-state index contributed by atoms with van der Waals surface area (Å²) in [6.45, 7) is 2.04. The molecule has 1 unspecified atom stereocenters. The highest BCUT2D eigenvalue weighted by Crippen LogP contribution is 2.30. The van der Waals surface area contributed by atoms with Crippen molar-refractivity contribution in [2.75, 3.05) is 0 Å². The second kappa shape index (κ2) is 4.88. The smallest absolute Gasteiger partial charge is 0.153 e. The van der Waals surface area contributed by atoms with Crippen LogP contribution in [0.5, 0.6) is 0 Å². The Morgan fingerprint density at radius 1 is 1.35 bits per heavy atom. The molecule has 0 bridgehead atoms. The van der Waals surface area contributed by atoms with E-state index >= 15 is 0 Å². The zero-order valence-electron chi connectivity index (χ0n) is 9.48. The molecule has 0 aliphatic carbocycles. The first kappa shape index (κ1) is 12.7. The van der Waals surface area contributed by atoms with Gasteiger partial charge in [0, 0.05) is 11.5 Å². The van der Waals surface area contributed by atoms with Crippen molar-refractivity contribution in [1.82, 2.24) is 15.0 Å². The van der Waals surface area contributed by atoms with Crippen LogP contribution in [-0.2, 0) is 7.05 Å². The molecule has 0 saturated heterocycles. The van der Waals surface area contributed by atoms with E-state index in [1.54, 1.807) is 4.68 Å². The highest BCUT2D eigenvalue weighted by molar-refractivity contribution is 9.10. The van der Waals surface area contributed by atoms with E-state index in [1.807, 2.05) is 32.2 Å². The quantitative estimate of drug-likeness (QED) is 0.896. The molecule has 90 valence electrons. The summed E-state index contributed by atoms with van der Waals surface area (Å²) in [4.78, 5) is 0. The van der Waals surface area contributed by atoms with E-state index in [0.29, 0.717) is 4.60 Å². The van der Waals surface area contributed by atoms with Gasteiger partial charge in [0.05, 0.1) is 11.7 Å². The van der Waals surface area contributed by atoms with Gasteiger partial charge in [-0.05, 0) is 40.0 Å². The minimum absolute atomic E-state index is 0.264. The molecule has 17 heavy (non-hydrogen) atoms. The summed E-state index contributed by atoms with van der Waals surface area (Å²) < 4.78 is 3.36. The molecule has 0 radical (unpaired) electrons. The molecular weight excluding hydrogens is 348 g/mol. The second-order valence-electron chi connectivity index (χ2n) is 3.89. The molecular formula is C11H12Br2N4. The zero-order valence-corrected chi connectivity index (χ0v) is 12.7. The average Bonchev–Trinajstić information content (AvgIpc) is 2.58. The lowest BCUT2D eigenvalue weighted by molar-refractivity contribution is 0.650. The largest absolute Gasteiger partial charge is 0.319 e. The summed E-state index contributed by atoms with van der Waals surface area (Å²) >= 11 is 6.90. The molecule has 1 aromatic heterocycles. The van der Waals surface area contributed by atoms with Crippen LogP contribution >= 0.6 is 31.9 Å². The molecule has 1 atom stereocenters. The third-order valence-corrected chi connectivity index (χ3v) is 3.86. The first-order valence-electron chi connectivity index (χ1n) is 5.07. The molecule has 0 spiro atoms. The van der Waals surface area contributed by atoms with Gasteiger partial charge >= 0.3 is 0 Å². The Hall–Kier alpha value is -0.720. The van der Waals surface area contributed by atoms with E-state index in [-0.39, 0.29) is 6.04 Å². The number of rotatable bonds is 2. The summed E-state index contributed by atoms with van der Waals surface area (Å²) in [7, 11) is 1.83. The standard InChI is InChI=1S/C11H12Br2N4/c1-6-3-4-7(8(12)5-6)9(14)10-11(13)15-16-17(10)2/h3-5,9H,14H2,1-2H3. The Kier molecular flexibility index (Phi) is 3.65. The van der Waals surface area contributed by atoms with Crippen molar-refractivity contribution in [1.29, 1.82) is 0 Å². The number of aryl methyl sites for hydroxylation is 2. The lowest BCUT2D eigenvalue weighted by Crippen LogP contribution is -2.17. The minimum atomic E-state index is -0.264. The summed E-state index contributed by atoms with van der Waals surface area (Å²) in [5, 5.41) is 7.88. The second-order valence-corrected chi connectivity index (χ2v) is 5.50. The summed E-state index contributed by atoms with van der Waals surface area (Å²) in [5.41, 5.74) is 9.31. The van der Waals surface area contributed by atoms with Crippen molar-refractivity contribution in [3.8, 4) is 0 Å². The van der Waals surface area contributed by atoms with E-state index in [2.05, 4.69) is 42.2 Å². The van der Waals surface area contributed by atoms with Crippen LogP contribution in [0.25, 0.3) is 0 Å². The number of halogens is 2. The van der Waals surface area contributed by atoms with Crippen LogP contribution in [0.4, 0.5) is 0 Å². The fourth-order valence-corrected chi connectivity index (χ4v) is 3.01. The van der Waals surface area contributed by atoms with Gasteiger partial charge in [-0.1, -0.05) is 33.3 Å². The van der Waals surface area contributed by atoms with Gasteiger partial charge in [0.1, 0.15) is 0 Å². The van der Waals surface area contributed by atoms with E-state index in [9.17, 15) is 0 Å². The zero-order chi connectivity index (χ0) is 12.6. The van der Waals surface area contributed by atoms with Crippen molar-refractivity contribution in [2.45, 2.75) is 13.0 Å². The van der Waals surface area contributed by atoms with E-state index < -0.39 is 0 Å². The first-order chi connectivity index (χ1) is 8.00. The SMILES string of the molecule is Cc1ccc(C(N)c2c(Br)nnn2C)c(Br)c1. The molecule has 6 heteroatoms. The maximum Gasteiger partial charge on any atom is 0.153 e. The van der Waals surface area contributed by atoms with Gasteiger partial charge in [-0.15, -0.1) is 5.10 Å². The van der Waals surface area contributed by atoms with Crippen molar-refractivity contribution >= 4 is 31.9 Å². The Morgan fingerprint density at radius 2 is 2.06 bits per heavy atom. The maximum atomic E-state index is 6.25. The number of hydrogen-bond acceptors (Lipinski definition) is 3. The van der Waals surface area contributed by atoms with Crippen LogP contribution in [0.15, 0.2) is 27.3 Å². The number of nitrogens with zero attached hydrogens (tertiary/aromatic N) is 3. The fourth-order valence-electron chi connectivity index (χ4n) is 1.70. The number of benzene rings is 1. The van der Waals surface area contributed by atoms with Gasteiger partial charge < -0.3 is 5.73 Å². The number of aromatic nitrogens is 3. The minimum Gasteiger partial charge on any atom is -0.319 e. The van der Waals surface area contributed by atoms with Crippen molar-refractivity contribution < 1.29 is 0 Å². The van der Waals surface area contributed by atoms with Crippen LogP contribution in [-0.4, -0.2) is 15.0 Å². The van der Waals surface area contributed by atoms with Crippen molar-refractivity contribution in [2.24, 2.45) is 12.8 Å². The van der Waals surface area contributed by atoms with E-state index in [4.69, 9.17) is 5.73 Å².